The van der Waals surface area contributed by atoms with Crippen LogP contribution in [0.1, 0.15) is 5.56 Å². The zero-order chi connectivity index (χ0) is 14.5. The van der Waals surface area contributed by atoms with E-state index in [0.717, 1.165) is 11.1 Å². The van der Waals surface area contributed by atoms with Crippen molar-refractivity contribution in [2.45, 2.75) is 6.54 Å². The summed E-state index contributed by atoms with van der Waals surface area (Å²) in [6.45, 7) is 0.493. The van der Waals surface area contributed by atoms with Gasteiger partial charge in [0, 0.05) is 12.1 Å². The zero-order valence-electron chi connectivity index (χ0n) is 11.9. The summed E-state index contributed by atoms with van der Waals surface area (Å²) in [4.78, 5) is 0. The minimum absolute atomic E-state index is 0.205. The molecule has 3 nitrogen and oxygen atoms in total. The van der Waals surface area contributed by atoms with Gasteiger partial charge >= 0.3 is 0 Å². The molecule has 4 heteroatoms. The number of methoxy groups -OCH3 is 2. The van der Waals surface area contributed by atoms with Crippen molar-refractivity contribution in [2.75, 3.05) is 21.3 Å². The van der Waals surface area contributed by atoms with E-state index in [2.05, 4.69) is 5.32 Å². The largest absolute Gasteiger partial charge is 0.493 e. The lowest BCUT2D eigenvalue weighted by Gasteiger charge is -2.11. The molecule has 0 unspecified atom stereocenters. The molecule has 2 aromatic carbocycles. The van der Waals surface area contributed by atoms with E-state index in [1.54, 1.807) is 27.3 Å². The first kappa shape index (κ1) is 14.3. The summed E-state index contributed by atoms with van der Waals surface area (Å²) in [6.07, 6.45) is 0. The zero-order valence-corrected chi connectivity index (χ0v) is 11.9. The van der Waals surface area contributed by atoms with Crippen LogP contribution in [0, 0.1) is 5.82 Å². The lowest BCUT2D eigenvalue weighted by molar-refractivity contribution is 0.355. The number of nitrogens with one attached hydrogen (secondary N) is 1. The molecule has 0 bridgehead atoms. The molecule has 2 aromatic rings. The van der Waals surface area contributed by atoms with E-state index in [1.807, 2.05) is 24.3 Å². The first-order chi connectivity index (χ1) is 9.69. The third-order valence-corrected chi connectivity index (χ3v) is 3.13. The number of rotatable bonds is 5. The quantitative estimate of drug-likeness (QED) is 0.908. The van der Waals surface area contributed by atoms with Gasteiger partial charge in [0.05, 0.1) is 14.2 Å². The van der Waals surface area contributed by atoms with Gasteiger partial charge in [0.15, 0.2) is 11.5 Å². The molecule has 0 aliphatic rings. The van der Waals surface area contributed by atoms with Gasteiger partial charge in [-0.1, -0.05) is 12.1 Å². The average molecular weight is 275 g/mol. The number of benzene rings is 2. The molecule has 0 atom stereocenters. The van der Waals surface area contributed by atoms with Crippen LogP contribution in [0.3, 0.4) is 0 Å². The van der Waals surface area contributed by atoms with Gasteiger partial charge in [0.2, 0.25) is 0 Å². The van der Waals surface area contributed by atoms with Gasteiger partial charge in [-0.05, 0) is 42.4 Å². The average Bonchev–Trinajstić information content (AvgIpc) is 2.49. The summed E-state index contributed by atoms with van der Waals surface area (Å²) in [5, 5.41) is 2.96. The second-order valence-electron chi connectivity index (χ2n) is 4.41. The van der Waals surface area contributed by atoms with Crippen LogP contribution in [0.4, 0.5) is 4.39 Å². The van der Waals surface area contributed by atoms with Gasteiger partial charge in [0.25, 0.3) is 0 Å². The number of hydrogen-bond donors (Lipinski definition) is 1. The number of hydrogen-bond acceptors (Lipinski definition) is 3. The Morgan fingerprint density at radius 2 is 1.60 bits per heavy atom. The predicted molar refractivity (Wildman–Crippen MR) is 77.7 cm³/mol. The van der Waals surface area contributed by atoms with Crippen molar-refractivity contribution >= 4 is 0 Å². The molecule has 0 aliphatic carbocycles. The molecule has 2 rings (SSSR count). The molecule has 20 heavy (non-hydrogen) atoms. The molecule has 0 amide bonds. The minimum atomic E-state index is -0.205. The monoisotopic (exact) mass is 275 g/mol. The predicted octanol–water partition coefficient (Wildman–Crippen LogP) is 3.23. The molecule has 0 spiro atoms. The Kier molecular flexibility index (Phi) is 4.58. The molecule has 0 heterocycles. The first-order valence-corrected chi connectivity index (χ1v) is 6.35. The standard InChI is InChI=1S/C16H18FNO2/c1-18-10-13-8-11(4-6-14(13)17)12-5-7-15(19-2)16(9-12)20-3/h4-9,18H,10H2,1-3H3. The third-order valence-electron chi connectivity index (χ3n) is 3.13. The Hall–Kier alpha value is -2.07. The second-order valence-corrected chi connectivity index (χ2v) is 4.41. The summed E-state index contributed by atoms with van der Waals surface area (Å²) in [6, 6.07) is 10.7. The van der Waals surface area contributed by atoms with Gasteiger partial charge in [-0.2, -0.15) is 0 Å². The van der Waals surface area contributed by atoms with Gasteiger partial charge < -0.3 is 14.8 Å². The smallest absolute Gasteiger partial charge is 0.161 e. The van der Waals surface area contributed by atoms with E-state index in [0.29, 0.717) is 23.6 Å². The fourth-order valence-electron chi connectivity index (χ4n) is 2.10. The lowest BCUT2D eigenvalue weighted by Crippen LogP contribution is -2.07. The van der Waals surface area contributed by atoms with Crippen LogP contribution in [-0.2, 0) is 6.54 Å². The Morgan fingerprint density at radius 1 is 0.950 bits per heavy atom. The lowest BCUT2D eigenvalue weighted by atomic mass is 10.0. The fraction of sp³-hybridized carbons (Fsp3) is 0.250. The van der Waals surface area contributed by atoms with Gasteiger partial charge in [-0.25, -0.2) is 4.39 Å². The van der Waals surface area contributed by atoms with Crippen LogP contribution in [0.5, 0.6) is 11.5 Å². The highest BCUT2D eigenvalue weighted by Crippen LogP contribution is 2.32. The highest BCUT2D eigenvalue weighted by atomic mass is 19.1. The first-order valence-electron chi connectivity index (χ1n) is 6.35. The van der Waals surface area contributed by atoms with E-state index in [-0.39, 0.29) is 5.82 Å². The molecule has 0 aliphatic heterocycles. The van der Waals surface area contributed by atoms with Crippen LogP contribution >= 0.6 is 0 Å². The normalized spacial score (nSPS) is 10.4. The van der Waals surface area contributed by atoms with Crippen LogP contribution in [0.15, 0.2) is 36.4 Å². The Balaban J connectivity index is 2.43. The maximum Gasteiger partial charge on any atom is 0.161 e. The molecular weight excluding hydrogens is 257 g/mol. The molecule has 0 aromatic heterocycles. The molecule has 0 fully saturated rings. The van der Waals surface area contributed by atoms with Crippen LogP contribution in [-0.4, -0.2) is 21.3 Å². The van der Waals surface area contributed by atoms with Crippen molar-refractivity contribution in [2.24, 2.45) is 0 Å². The Labute approximate surface area is 118 Å². The van der Waals surface area contributed by atoms with E-state index in [4.69, 9.17) is 9.47 Å². The van der Waals surface area contributed by atoms with E-state index in [1.165, 1.54) is 6.07 Å². The molecule has 106 valence electrons. The van der Waals surface area contributed by atoms with Gasteiger partial charge in [0.1, 0.15) is 5.82 Å². The van der Waals surface area contributed by atoms with Crippen molar-refractivity contribution in [1.29, 1.82) is 0 Å². The Bertz CT molecular complexity index is 599. The molecule has 0 saturated carbocycles. The Morgan fingerprint density at radius 3 is 2.25 bits per heavy atom. The van der Waals surface area contributed by atoms with Crippen LogP contribution in [0.25, 0.3) is 11.1 Å². The molecule has 1 N–H and O–H groups in total. The summed E-state index contributed by atoms with van der Waals surface area (Å²) < 4.78 is 24.2. The van der Waals surface area contributed by atoms with Crippen LogP contribution in [0.2, 0.25) is 0 Å². The summed E-state index contributed by atoms with van der Waals surface area (Å²) in [7, 11) is 4.99. The maximum absolute atomic E-state index is 13.7. The maximum atomic E-state index is 13.7. The molecular formula is C16H18FNO2. The summed E-state index contributed by atoms with van der Waals surface area (Å²) >= 11 is 0. The van der Waals surface area contributed by atoms with Crippen LogP contribution < -0.4 is 14.8 Å². The fourth-order valence-corrected chi connectivity index (χ4v) is 2.10. The van der Waals surface area contributed by atoms with E-state index in [9.17, 15) is 4.39 Å². The van der Waals surface area contributed by atoms with Crippen molar-refractivity contribution < 1.29 is 13.9 Å². The molecule has 0 radical (unpaired) electrons. The van der Waals surface area contributed by atoms with Crippen molar-refractivity contribution in [3.05, 3.63) is 47.8 Å². The van der Waals surface area contributed by atoms with Crippen molar-refractivity contribution in [3.63, 3.8) is 0 Å². The SMILES string of the molecule is CNCc1cc(-c2ccc(OC)c(OC)c2)ccc1F. The number of halogens is 1. The minimum Gasteiger partial charge on any atom is -0.493 e. The highest BCUT2D eigenvalue weighted by Gasteiger charge is 2.08. The van der Waals surface area contributed by atoms with E-state index < -0.39 is 0 Å². The topological polar surface area (TPSA) is 30.5 Å². The van der Waals surface area contributed by atoms with Crippen molar-refractivity contribution in [1.82, 2.24) is 5.32 Å². The summed E-state index contributed by atoms with van der Waals surface area (Å²) in [5.74, 6) is 1.13. The van der Waals surface area contributed by atoms with Gasteiger partial charge in [-0.15, -0.1) is 0 Å². The third kappa shape index (κ3) is 2.91. The van der Waals surface area contributed by atoms with Crippen molar-refractivity contribution in [3.8, 4) is 22.6 Å². The summed E-state index contributed by atoms with van der Waals surface area (Å²) in [5.41, 5.74) is 2.54. The molecule has 0 saturated heterocycles. The second kappa shape index (κ2) is 6.39. The highest BCUT2D eigenvalue weighted by molar-refractivity contribution is 5.68. The van der Waals surface area contributed by atoms with E-state index >= 15 is 0 Å². The number of ether oxygens (including phenoxy) is 2. The van der Waals surface area contributed by atoms with Gasteiger partial charge in [-0.3, -0.25) is 0 Å².